The topological polar surface area (TPSA) is 260 Å². The molecule has 5 rings (SSSR count). The Balaban J connectivity index is 1.39. The molecule has 0 atom stereocenters. The highest BCUT2D eigenvalue weighted by molar-refractivity contribution is 7.86. The fourth-order valence-corrected chi connectivity index (χ4v) is 5.17. The lowest BCUT2D eigenvalue weighted by molar-refractivity contribution is 0.259. The van der Waals surface area contributed by atoms with Crippen molar-refractivity contribution in [2.24, 2.45) is 16.0 Å². The van der Waals surface area contributed by atoms with Crippen LogP contribution in [0.2, 0.25) is 5.28 Å². The number of amides is 2. The standard InChI is InChI=1S/C26H24BClFN14O4S/c1-11-6-12(2)15-10-18(19(48(45,46)47)8-13(15)7-11)43-42-16-5-4-14(9-17(16)33-22(30)44)32-24-34-20(28)35-25(39-24)40-27-41-26-37-21(29)36-23(31-3)38-26/h4-10H,1-3H3,(H3,30,33,44)(H,45,46,47)(H2,31,36,37,38,41)(H2,32,34,35,39,40). The molecule has 0 saturated heterocycles. The highest BCUT2D eigenvalue weighted by Gasteiger charge is 2.18. The molecular weight excluding hydrogens is 670 g/mol. The Morgan fingerprint density at radius 1 is 0.917 bits per heavy atom. The van der Waals surface area contributed by atoms with Crippen molar-refractivity contribution in [1.82, 2.24) is 29.9 Å². The van der Waals surface area contributed by atoms with E-state index in [-0.39, 0.29) is 46.1 Å². The second-order valence-electron chi connectivity index (χ2n) is 9.83. The number of rotatable bonds is 11. The molecule has 22 heteroatoms. The average Bonchev–Trinajstić information content (AvgIpc) is 2.99. The third kappa shape index (κ3) is 8.32. The Hall–Kier alpha value is -5.80. The molecule has 0 fully saturated rings. The molecule has 2 aromatic heterocycles. The highest BCUT2D eigenvalue weighted by atomic mass is 35.5. The van der Waals surface area contributed by atoms with Gasteiger partial charge in [-0.1, -0.05) is 17.7 Å². The van der Waals surface area contributed by atoms with Crippen LogP contribution in [0.25, 0.3) is 10.8 Å². The van der Waals surface area contributed by atoms with Gasteiger partial charge in [0.05, 0.1) is 5.69 Å². The van der Waals surface area contributed by atoms with Gasteiger partial charge in [-0.15, -0.1) is 10.2 Å². The predicted octanol–water partition coefficient (Wildman–Crippen LogP) is 4.62. The zero-order valence-electron chi connectivity index (χ0n) is 25.1. The van der Waals surface area contributed by atoms with Gasteiger partial charge in [0.15, 0.2) is 0 Å². The largest absolute Gasteiger partial charge is 0.390 e. The molecule has 3 aromatic carbocycles. The lowest BCUT2D eigenvalue weighted by atomic mass is 10.0. The number of urea groups is 1. The van der Waals surface area contributed by atoms with E-state index in [9.17, 15) is 22.2 Å². The molecule has 0 spiro atoms. The number of fused-ring (bicyclic) bond motifs is 1. The van der Waals surface area contributed by atoms with Crippen molar-refractivity contribution in [3.63, 3.8) is 0 Å². The molecule has 2 amide bonds. The average molecular weight is 694 g/mol. The molecule has 0 bridgehead atoms. The van der Waals surface area contributed by atoms with Gasteiger partial charge in [-0.05, 0) is 72.1 Å². The van der Waals surface area contributed by atoms with Crippen LogP contribution in [0.5, 0.6) is 0 Å². The number of nitrogens with two attached hydrogens (primary N) is 1. The van der Waals surface area contributed by atoms with E-state index >= 15 is 0 Å². The van der Waals surface area contributed by atoms with Crippen LogP contribution in [-0.2, 0) is 10.1 Å². The first-order chi connectivity index (χ1) is 22.8. The summed E-state index contributed by atoms with van der Waals surface area (Å²) in [6.45, 7) is 3.73. The van der Waals surface area contributed by atoms with Crippen LogP contribution in [0.4, 0.5) is 55.7 Å². The lowest BCUT2D eigenvalue weighted by Crippen LogP contribution is -2.21. The number of primary amides is 1. The van der Waals surface area contributed by atoms with Gasteiger partial charge in [0.25, 0.3) is 10.1 Å². The van der Waals surface area contributed by atoms with Gasteiger partial charge < -0.3 is 32.1 Å². The Morgan fingerprint density at radius 2 is 1.58 bits per heavy atom. The van der Waals surface area contributed by atoms with Gasteiger partial charge in [0, 0.05) is 12.7 Å². The molecule has 0 aliphatic rings. The Labute approximate surface area is 277 Å². The van der Waals surface area contributed by atoms with Crippen molar-refractivity contribution in [3.05, 3.63) is 65.0 Å². The van der Waals surface area contributed by atoms with Crippen molar-refractivity contribution in [1.29, 1.82) is 0 Å². The third-order valence-corrected chi connectivity index (χ3v) is 7.33. The quantitative estimate of drug-likeness (QED) is 0.0566. The van der Waals surface area contributed by atoms with E-state index < -0.39 is 27.1 Å². The minimum Gasteiger partial charge on any atom is -0.381 e. The number of hydrogen-bond acceptors (Lipinski definition) is 15. The minimum atomic E-state index is -4.68. The molecule has 48 heavy (non-hydrogen) atoms. The molecule has 2 heterocycles. The van der Waals surface area contributed by atoms with E-state index in [4.69, 9.17) is 17.3 Å². The zero-order valence-corrected chi connectivity index (χ0v) is 26.7. The monoisotopic (exact) mass is 693 g/mol. The van der Waals surface area contributed by atoms with Crippen LogP contribution >= 0.6 is 11.6 Å². The number of benzene rings is 3. The van der Waals surface area contributed by atoms with Crippen molar-refractivity contribution < 1.29 is 22.2 Å². The summed E-state index contributed by atoms with van der Waals surface area (Å²) in [5.74, 6) is -0.143. The van der Waals surface area contributed by atoms with Crippen molar-refractivity contribution in [2.45, 2.75) is 18.7 Å². The number of nitrogens with one attached hydrogen (secondary N) is 5. The van der Waals surface area contributed by atoms with Crippen molar-refractivity contribution in [2.75, 3.05) is 33.5 Å². The van der Waals surface area contributed by atoms with Crippen LogP contribution in [0.3, 0.4) is 0 Å². The highest BCUT2D eigenvalue weighted by Crippen LogP contribution is 2.35. The number of hydrogen-bond donors (Lipinski definition) is 7. The van der Waals surface area contributed by atoms with Gasteiger partial charge in [-0.25, -0.2) is 4.79 Å². The molecule has 0 aliphatic carbocycles. The summed E-state index contributed by atoms with van der Waals surface area (Å²) < 4.78 is 47.9. The van der Waals surface area contributed by atoms with E-state index in [1.54, 1.807) is 6.07 Å². The number of halogens is 2. The van der Waals surface area contributed by atoms with Crippen LogP contribution in [0.1, 0.15) is 11.1 Å². The van der Waals surface area contributed by atoms with Crippen molar-refractivity contribution >= 4 is 92.6 Å². The summed E-state index contributed by atoms with van der Waals surface area (Å²) in [4.78, 5) is 34.4. The van der Waals surface area contributed by atoms with E-state index in [1.165, 1.54) is 44.9 Å². The summed E-state index contributed by atoms with van der Waals surface area (Å²) in [5, 5.41) is 22.6. The first kappa shape index (κ1) is 33.6. The molecule has 8 N–H and O–H groups in total. The maximum Gasteiger partial charge on any atom is 0.390 e. The number of aryl methyl sites for hydroxylation is 2. The first-order valence-electron chi connectivity index (χ1n) is 13.5. The summed E-state index contributed by atoms with van der Waals surface area (Å²) >= 11 is 6.07. The zero-order chi connectivity index (χ0) is 34.6. The summed E-state index contributed by atoms with van der Waals surface area (Å²) in [6.07, 6.45) is -1.00. The third-order valence-electron chi connectivity index (χ3n) is 6.28. The normalized spacial score (nSPS) is 11.4. The SMILES string of the molecule is CNc1nc(F)nc(N[B]Nc2nc(Cl)nc(Nc3ccc(N=Nc4cc5c(C)cc(C)cc5cc4S(=O)(=O)O)c(NC(N)=O)c3)n2)n1. The van der Waals surface area contributed by atoms with Gasteiger partial charge in [0.2, 0.25) is 29.1 Å². The van der Waals surface area contributed by atoms with Crippen LogP contribution < -0.4 is 32.1 Å². The summed E-state index contributed by atoms with van der Waals surface area (Å²) in [7, 11) is -1.94. The van der Waals surface area contributed by atoms with E-state index in [1.807, 2.05) is 19.9 Å². The molecule has 18 nitrogen and oxygen atoms in total. The molecule has 5 aromatic rings. The fourth-order valence-electron chi connectivity index (χ4n) is 4.37. The predicted molar refractivity (Wildman–Crippen MR) is 178 cm³/mol. The summed E-state index contributed by atoms with van der Waals surface area (Å²) in [6, 6.07) is 10.0. The summed E-state index contributed by atoms with van der Waals surface area (Å²) in [5.41, 5.74) is 7.52. The number of aromatic nitrogens is 6. The molecule has 1 radical (unpaired) electrons. The molecule has 0 unspecified atom stereocenters. The molecule has 0 saturated carbocycles. The van der Waals surface area contributed by atoms with Gasteiger partial charge in [-0.3, -0.25) is 4.55 Å². The van der Waals surface area contributed by atoms with Crippen LogP contribution in [-0.4, -0.2) is 63.5 Å². The second kappa shape index (κ2) is 13.9. The maximum absolute atomic E-state index is 13.5. The van der Waals surface area contributed by atoms with E-state index in [0.29, 0.717) is 16.5 Å². The van der Waals surface area contributed by atoms with Crippen LogP contribution in [0.15, 0.2) is 57.6 Å². The molecular formula is C26H24BClFN14O4S. The second-order valence-corrected chi connectivity index (χ2v) is 11.6. The fraction of sp³-hybridized carbons (Fsp3) is 0.115. The maximum atomic E-state index is 13.5. The number of nitrogens with zero attached hydrogens (tertiary/aromatic N) is 8. The number of carbonyl (C=O) groups excluding carboxylic acids is 1. The first-order valence-corrected chi connectivity index (χ1v) is 15.4. The van der Waals surface area contributed by atoms with Crippen LogP contribution in [0, 0.1) is 19.9 Å². The number of azo groups is 1. The van der Waals surface area contributed by atoms with Gasteiger partial charge in [-0.2, -0.15) is 42.7 Å². The molecule has 0 aliphatic heterocycles. The van der Waals surface area contributed by atoms with Crippen molar-refractivity contribution in [3.8, 4) is 0 Å². The van der Waals surface area contributed by atoms with Gasteiger partial charge >= 0.3 is 19.7 Å². The minimum absolute atomic E-state index is 0.00691. The Kier molecular flexibility index (Phi) is 9.72. The number of anilines is 6. The lowest BCUT2D eigenvalue weighted by Gasteiger charge is -2.11. The van der Waals surface area contributed by atoms with E-state index in [2.05, 4.69) is 66.5 Å². The molecule has 245 valence electrons. The smallest absolute Gasteiger partial charge is 0.381 e. The van der Waals surface area contributed by atoms with E-state index in [0.717, 1.165) is 11.1 Å². The Bertz CT molecular complexity index is 2190. The Morgan fingerprint density at radius 3 is 2.29 bits per heavy atom. The van der Waals surface area contributed by atoms with Gasteiger partial charge in [0.1, 0.15) is 16.3 Å². The number of carbonyl (C=O) groups is 1.